The van der Waals surface area contributed by atoms with Crippen LogP contribution in [0.3, 0.4) is 0 Å². The SMILES string of the molecule is CC(=O)N[C@H]1[C@@H]2[C@@H]3C[C@@]1(C)C(C)(C)[C@@H]32. The van der Waals surface area contributed by atoms with E-state index in [9.17, 15) is 4.79 Å². The van der Waals surface area contributed by atoms with Gasteiger partial charge in [0.25, 0.3) is 0 Å². The van der Waals surface area contributed by atoms with E-state index in [4.69, 9.17) is 0 Å². The molecule has 5 atom stereocenters. The van der Waals surface area contributed by atoms with Crippen LogP contribution >= 0.6 is 0 Å². The van der Waals surface area contributed by atoms with Gasteiger partial charge in [-0.05, 0) is 35.0 Å². The maximum absolute atomic E-state index is 11.2. The van der Waals surface area contributed by atoms with Crippen molar-refractivity contribution in [3.05, 3.63) is 0 Å². The van der Waals surface area contributed by atoms with Crippen molar-refractivity contribution in [3.63, 3.8) is 0 Å². The quantitative estimate of drug-likeness (QED) is 0.676. The zero-order valence-corrected chi connectivity index (χ0v) is 9.42. The Labute approximate surface area is 85.4 Å². The molecule has 4 bridgehead atoms. The van der Waals surface area contributed by atoms with E-state index >= 15 is 0 Å². The molecule has 0 saturated heterocycles. The average molecular weight is 193 g/mol. The number of carbonyl (C=O) groups excluding carboxylic acids is 1. The van der Waals surface area contributed by atoms with Crippen molar-refractivity contribution in [1.29, 1.82) is 0 Å². The van der Waals surface area contributed by atoms with E-state index in [-0.39, 0.29) is 5.91 Å². The highest BCUT2D eigenvalue weighted by molar-refractivity contribution is 5.73. The highest BCUT2D eigenvalue weighted by atomic mass is 16.1. The lowest BCUT2D eigenvalue weighted by Crippen LogP contribution is -2.45. The minimum atomic E-state index is 0.144. The molecule has 4 fully saturated rings. The van der Waals surface area contributed by atoms with E-state index in [2.05, 4.69) is 26.1 Å². The maximum atomic E-state index is 11.2. The zero-order chi connectivity index (χ0) is 10.3. The van der Waals surface area contributed by atoms with Gasteiger partial charge in [-0.25, -0.2) is 0 Å². The average Bonchev–Trinajstić information content (AvgIpc) is 2.54. The van der Waals surface area contributed by atoms with E-state index in [1.165, 1.54) is 6.42 Å². The lowest BCUT2D eigenvalue weighted by molar-refractivity contribution is -0.120. The summed E-state index contributed by atoms with van der Waals surface area (Å²) in [4.78, 5) is 11.2. The smallest absolute Gasteiger partial charge is 0.217 e. The minimum absolute atomic E-state index is 0.144. The predicted octanol–water partition coefficient (Wildman–Crippen LogP) is 1.80. The predicted molar refractivity (Wildman–Crippen MR) is 54.6 cm³/mol. The molecule has 4 aliphatic carbocycles. The molecular formula is C12H19NO. The van der Waals surface area contributed by atoms with Crippen molar-refractivity contribution in [2.24, 2.45) is 28.6 Å². The van der Waals surface area contributed by atoms with Crippen LogP contribution in [-0.2, 0) is 4.79 Å². The fourth-order valence-corrected chi connectivity index (χ4v) is 4.69. The summed E-state index contributed by atoms with van der Waals surface area (Å²) in [7, 11) is 0. The van der Waals surface area contributed by atoms with E-state index in [0.717, 1.165) is 17.8 Å². The molecule has 0 aromatic rings. The summed E-state index contributed by atoms with van der Waals surface area (Å²) in [6, 6.07) is 0.463. The molecule has 0 aromatic carbocycles. The lowest BCUT2D eigenvalue weighted by Gasteiger charge is -2.38. The number of carbonyl (C=O) groups is 1. The van der Waals surface area contributed by atoms with Crippen LogP contribution in [0, 0.1) is 28.6 Å². The Balaban J connectivity index is 1.95. The maximum Gasteiger partial charge on any atom is 0.217 e. The second kappa shape index (κ2) is 2.02. The molecule has 2 nitrogen and oxygen atoms in total. The molecule has 4 rings (SSSR count). The second-order valence-electron chi connectivity index (χ2n) is 6.29. The van der Waals surface area contributed by atoms with Gasteiger partial charge in [0.1, 0.15) is 0 Å². The Bertz CT molecular complexity index is 322. The van der Waals surface area contributed by atoms with Gasteiger partial charge in [0.15, 0.2) is 0 Å². The molecule has 4 aliphatic rings. The van der Waals surface area contributed by atoms with Gasteiger partial charge < -0.3 is 5.32 Å². The first kappa shape index (κ1) is 8.75. The second-order valence-corrected chi connectivity index (χ2v) is 6.29. The van der Waals surface area contributed by atoms with Crippen LogP contribution < -0.4 is 5.32 Å². The molecule has 0 radical (unpaired) electrons. The summed E-state index contributed by atoms with van der Waals surface area (Å²) in [5, 5.41) is 3.18. The van der Waals surface area contributed by atoms with Gasteiger partial charge in [0, 0.05) is 13.0 Å². The van der Waals surface area contributed by atoms with Gasteiger partial charge in [-0.15, -0.1) is 0 Å². The third-order valence-corrected chi connectivity index (χ3v) is 5.62. The van der Waals surface area contributed by atoms with Crippen molar-refractivity contribution >= 4 is 5.91 Å². The molecule has 0 unspecified atom stereocenters. The third kappa shape index (κ3) is 0.665. The van der Waals surface area contributed by atoms with Crippen LogP contribution in [0.5, 0.6) is 0 Å². The van der Waals surface area contributed by atoms with Crippen LogP contribution in [0.4, 0.5) is 0 Å². The Morgan fingerprint density at radius 2 is 2.00 bits per heavy atom. The Morgan fingerprint density at radius 3 is 2.29 bits per heavy atom. The number of hydrogen-bond donors (Lipinski definition) is 1. The van der Waals surface area contributed by atoms with E-state index in [0.29, 0.717) is 16.9 Å². The fourth-order valence-electron chi connectivity index (χ4n) is 4.69. The highest BCUT2D eigenvalue weighted by Gasteiger charge is 2.81. The Kier molecular flexibility index (Phi) is 1.27. The number of hydrogen-bond acceptors (Lipinski definition) is 1. The van der Waals surface area contributed by atoms with E-state index < -0.39 is 0 Å². The molecule has 0 heterocycles. The Hall–Kier alpha value is -0.530. The number of amides is 1. The van der Waals surface area contributed by atoms with Gasteiger partial charge >= 0.3 is 0 Å². The van der Waals surface area contributed by atoms with Crippen LogP contribution in [0.2, 0.25) is 0 Å². The van der Waals surface area contributed by atoms with Crippen LogP contribution in [0.1, 0.15) is 34.1 Å². The van der Waals surface area contributed by atoms with Crippen molar-refractivity contribution in [1.82, 2.24) is 5.32 Å². The molecule has 78 valence electrons. The summed E-state index contributed by atoms with van der Waals surface area (Å²) in [5.41, 5.74) is 0.800. The molecule has 0 aliphatic heterocycles. The van der Waals surface area contributed by atoms with Gasteiger partial charge in [0.2, 0.25) is 5.91 Å². The summed E-state index contributed by atoms with van der Waals surface area (Å²) in [6.45, 7) is 8.79. The van der Waals surface area contributed by atoms with Crippen LogP contribution in [0.15, 0.2) is 0 Å². The third-order valence-electron chi connectivity index (χ3n) is 5.62. The minimum Gasteiger partial charge on any atom is -0.353 e. The van der Waals surface area contributed by atoms with Gasteiger partial charge in [-0.3, -0.25) is 4.79 Å². The summed E-state index contributed by atoms with van der Waals surface area (Å²) >= 11 is 0. The van der Waals surface area contributed by atoms with Crippen molar-refractivity contribution in [3.8, 4) is 0 Å². The fraction of sp³-hybridized carbons (Fsp3) is 0.917. The Morgan fingerprint density at radius 1 is 1.36 bits per heavy atom. The molecule has 0 spiro atoms. The summed E-state index contributed by atoms with van der Waals surface area (Å²) < 4.78 is 0. The molecular weight excluding hydrogens is 174 g/mol. The highest BCUT2D eigenvalue weighted by Crippen LogP contribution is 2.83. The van der Waals surface area contributed by atoms with E-state index in [1.54, 1.807) is 6.92 Å². The number of nitrogens with one attached hydrogen (secondary N) is 1. The zero-order valence-electron chi connectivity index (χ0n) is 9.42. The summed E-state index contributed by atoms with van der Waals surface area (Å²) in [6.07, 6.45) is 1.33. The summed E-state index contributed by atoms with van der Waals surface area (Å²) in [5.74, 6) is 2.76. The molecule has 1 amide bonds. The van der Waals surface area contributed by atoms with Crippen molar-refractivity contribution in [2.75, 3.05) is 0 Å². The first-order valence-electron chi connectivity index (χ1n) is 5.67. The normalized spacial score (nSPS) is 56.0. The standard InChI is InChI=1S/C12H19NO/c1-6(14)13-10-8-7-5-12(10,4)11(2,3)9(7)8/h7-10H,5H2,1-4H3,(H,13,14)/t7-,8+,9-,10-,12+/m0/s1. The largest absolute Gasteiger partial charge is 0.353 e. The van der Waals surface area contributed by atoms with Crippen molar-refractivity contribution < 1.29 is 4.79 Å². The number of rotatable bonds is 1. The lowest BCUT2D eigenvalue weighted by atomic mass is 9.69. The van der Waals surface area contributed by atoms with Crippen molar-refractivity contribution in [2.45, 2.75) is 40.2 Å². The van der Waals surface area contributed by atoms with Crippen LogP contribution in [0.25, 0.3) is 0 Å². The molecule has 1 N–H and O–H groups in total. The van der Waals surface area contributed by atoms with Gasteiger partial charge in [0.05, 0.1) is 0 Å². The van der Waals surface area contributed by atoms with Gasteiger partial charge in [-0.2, -0.15) is 0 Å². The van der Waals surface area contributed by atoms with E-state index in [1.807, 2.05) is 0 Å². The molecule has 2 heteroatoms. The monoisotopic (exact) mass is 193 g/mol. The molecule has 4 saturated carbocycles. The van der Waals surface area contributed by atoms with Gasteiger partial charge in [-0.1, -0.05) is 20.8 Å². The topological polar surface area (TPSA) is 29.1 Å². The first-order chi connectivity index (χ1) is 6.39. The molecule has 0 aromatic heterocycles. The first-order valence-corrected chi connectivity index (χ1v) is 5.67. The van der Waals surface area contributed by atoms with Crippen LogP contribution in [-0.4, -0.2) is 11.9 Å². The molecule has 14 heavy (non-hydrogen) atoms.